The number of piperidine rings is 1. The summed E-state index contributed by atoms with van der Waals surface area (Å²) in [6, 6.07) is 1.84. The van der Waals surface area contributed by atoms with Gasteiger partial charge in [0.05, 0.1) is 17.6 Å². The molecule has 1 amide bonds. The van der Waals surface area contributed by atoms with Crippen LogP contribution in [0.25, 0.3) is 5.03 Å². The van der Waals surface area contributed by atoms with Crippen molar-refractivity contribution in [3.05, 3.63) is 47.7 Å². The molecule has 7 nitrogen and oxygen atoms in total. The van der Waals surface area contributed by atoms with E-state index in [0.717, 1.165) is 50.2 Å². The van der Waals surface area contributed by atoms with E-state index in [-0.39, 0.29) is 11.6 Å². The highest BCUT2D eigenvalue weighted by atomic mass is 35.5. The lowest BCUT2D eigenvalue weighted by Gasteiger charge is -2.29. The first-order valence-electron chi connectivity index (χ1n) is 9.50. The molecule has 0 radical (unpaired) electrons. The van der Waals surface area contributed by atoms with Crippen molar-refractivity contribution >= 4 is 34.0 Å². The minimum atomic E-state index is -0.321. The van der Waals surface area contributed by atoms with Gasteiger partial charge >= 0.3 is 0 Å². The van der Waals surface area contributed by atoms with Crippen LogP contribution in [-0.2, 0) is 6.42 Å². The minimum absolute atomic E-state index is 0.276. The molecule has 3 heterocycles. The lowest BCUT2D eigenvalue weighted by molar-refractivity contribution is 0.102. The summed E-state index contributed by atoms with van der Waals surface area (Å²) in [4.78, 5) is 28.0. The Kier molecular flexibility index (Phi) is 5.54. The summed E-state index contributed by atoms with van der Waals surface area (Å²) >= 11 is 6.19. The van der Waals surface area contributed by atoms with E-state index in [1.165, 1.54) is 6.20 Å². The predicted octanol–water partition coefficient (Wildman–Crippen LogP) is 3.01. The van der Waals surface area contributed by atoms with Gasteiger partial charge in [0.1, 0.15) is 0 Å². The van der Waals surface area contributed by atoms with Crippen LogP contribution in [0.1, 0.15) is 34.6 Å². The lowest BCUT2D eigenvalue weighted by Crippen LogP contribution is -2.33. The molecule has 1 aliphatic carbocycles. The third-order valence-corrected chi connectivity index (χ3v) is 5.63. The van der Waals surface area contributed by atoms with Crippen molar-refractivity contribution in [3.8, 4) is 0 Å². The molecule has 0 unspecified atom stereocenters. The van der Waals surface area contributed by atoms with E-state index >= 15 is 0 Å². The SMILES string of the molecule is CN1CCC(CNc2nccnc2C(=O)Nc2cnc3c(c2)C(Cl)=CC3)CC1. The van der Waals surface area contributed by atoms with Crippen LogP contribution in [0, 0.1) is 5.92 Å². The first-order valence-corrected chi connectivity index (χ1v) is 9.87. The molecule has 146 valence electrons. The Morgan fingerprint density at radius 1 is 1.25 bits per heavy atom. The van der Waals surface area contributed by atoms with Gasteiger partial charge in [-0.15, -0.1) is 0 Å². The van der Waals surface area contributed by atoms with Crippen molar-refractivity contribution in [2.45, 2.75) is 19.3 Å². The van der Waals surface area contributed by atoms with Crippen molar-refractivity contribution in [3.63, 3.8) is 0 Å². The van der Waals surface area contributed by atoms with Gasteiger partial charge in [-0.2, -0.15) is 0 Å². The topological polar surface area (TPSA) is 83.0 Å². The van der Waals surface area contributed by atoms with Crippen molar-refractivity contribution in [2.75, 3.05) is 37.3 Å². The van der Waals surface area contributed by atoms with Gasteiger partial charge in [-0.1, -0.05) is 17.7 Å². The summed E-state index contributed by atoms with van der Waals surface area (Å²) < 4.78 is 0. The molecule has 2 aliphatic rings. The highest BCUT2D eigenvalue weighted by molar-refractivity contribution is 6.49. The monoisotopic (exact) mass is 398 g/mol. The average Bonchev–Trinajstić information content (AvgIpc) is 3.08. The zero-order valence-corrected chi connectivity index (χ0v) is 16.5. The quantitative estimate of drug-likeness (QED) is 0.805. The predicted molar refractivity (Wildman–Crippen MR) is 110 cm³/mol. The molecule has 1 fully saturated rings. The maximum atomic E-state index is 12.8. The van der Waals surface area contributed by atoms with E-state index in [1.807, 2.05) is 12.1 Å². The van der Waals surface area contributed by atoms with Crippen LogP contribution in [0.3, 0.4) is 0 Å². The number of hydrogen-bond donors (Lipinski definition) is 2. The lowest BCUT2D eigenvalue weighted by atomic mass is 9.97. The van der Waals surface area contributed by atoms with Crippen LogP contribution in [0.5, 0.6) is 0 Å². The molecular formula is C20H23ClN6O. The molecule has 0 spiro atoms. The number of rotatable bonds is 5. The van der Waals surface area contributed by atoms with Crippen LogP contribution in [0.2, 0.25) is 0 Å². The Balaban J connectivity index is 1.43. The zero-order chi connectivity index (χ0) is 19.5. The average molecular weight is 399 g/mol. The fourth-order valence-corrected chi connectivity index (χ4v) is 3.80. The van der Waals surface area contributed by atoms with Crippen LogP contribution < -0.4 is 10.6 Å². The molecule has 8 heteroatoms. The van der Waals surface area contributed by atoms with Crippen molar-refractivity contribution in [1.82, 2.24) is 19.9 Å². The third-order valence-electron chi connectivity index (χ3n) is 5.27. The zero-order valence-electron chi connectivity index (χ0n) is 15.8. The van der Waals surface area contributed by atoms with Crippen LogP contribution >= 0.6 is 11.6 Å². The number of fused-ring (bicyclic) bond motifs is 1. The molecule has 2 N–H and O–H groups in total. The van der Waals surface area contributed by atoms with Gasteiger partial charge in [0.15, 0.2) is 11.5 Å². The Morgan fingerprint density at radius 3 is 2.86 bits per heavy atom. The molecule has 28 heavy (non-hydrogen) atoms. The number of allylic oxidation sites excluding steroid dienone is 1. The van der Waals surface area contributed by atoms with Crippen molar-refractivity contribution in [2.24, 2.45) is 5.92 Å². The Labute approximate surface area is 169 Å². The number of carbonyl (C=O) groups excluding carboxylic acids is 1. The Morgan fingerprint density at radius 2 is 2.04 bits per heavy atom. The van der Waals surface area contributed by atoms with E-state index in [0.29, 0.717) is 22.5 Å². The number of nitrogens with zero attached hydrogens (tertiary/aromatic N) is 4. The molecule has 0 bridgehead atoms. The molecule has 4 rings (SSSR count). The summed E-state index contributed by atoms with van der Waals surface area (Å²) in [7, 11) is 2.14. The first kappa shape index (κ1) is 18.8. The molecule has 1 aliphatic heterocycles. The Bertz CT molecular complexity index is 907. The van der Waals surface area contributed by atoms with Gasteiger partial charge in [-0.25, -0.2) is 9.97 Å². The second-order valence-corrected chi connectivity index (χ2v) is 7.72. The molecule has 2 aromatic heterocycles. The van der Waals surface area contributed by atoms with E-state index < -0.39 is 0 Å². The number of anilines is 2. The molecule has 0 aromatic carbocycles. The largest absolute Gasteiger partial charge is 0.368 e. The fourth-order valence-electron chi connectivity index (χ4n) is 3.56. The van der Waals surface area contributed by atoms with Gasteiger partial charge in [0.2, 0.25) is 0 Å². The van der Waals surface area contributed by atoms with Gasteiger partial charge < -0.3 is 15.5 Å². The molecular weight excluding hydrogens is 376 g/mol. The standard InChI is InChI=1S/C20H23ClN6O/c1-27-8-4-13(5-9-27)11-25-19-18(22-6-7-23-19)20(28)26-14-10-15-16(21)2-3-17(15)24-12-14/h2,6-7,10,12-13H,3-5,8-9,11H2,1H3,(H,23,25)(H,26,28). The summed E-state index contributed by atoms with van der Waals surface area (Å²) in [5, 5.41) is 6.84. The molecule has 0 saturated carbocycles. The molecule has 0 atom stereocenters. The van der Waals surface area contributed by atoms with Gasteiger partial charge in [0.25, 0.3) is 5.91 Å². The number of halogens is 1. The Hall–Kier alpha value is -2.51. The summed E-state index contributed by atoms with van der Waals surface area (Å²) in [6.45, 7) is 2.98. The maximum Gasteiger partial charge on any atom is 0.278 e. The second-order valence-electron chi connectivity index (χ2n) is 7.31. The highest BCUT2D eigenvalue weighted by Gasteiger charge is 2.20. The normalized spacial score (nSPS) is 17.1. The number of nitrogens with one attached hydrogen (secondary N) is 2. The summed E-state index contributed by atoms with van der Waals surface area (Å²) in [6.07, 6.45) is 9.67. The van der Waals surface area contributed by atoms with Crippen molar-refractivity contribution in [1.29, 1.82) is 0 Å². The van der Waals surface area contributed by atoms with Crippen LogP contribution in [-0.4, -0.2) is 52.4 Å². The molecule has 2 aromatic rings. The van der Waals surface area contributed by atoms with Crippen LogP contribution in [0.4, 0.5) is 11.5 Å². The van der Waals surface area contributed by atoms with Crippen LogP contribution in [0.15, 0.2) is 30.7 Å². The van der Waals surface area contributed by atoms with E-state index in [1.54, 1.807) is 12.4 Å². The maximum absolute atomic E-state index is 12.8. The van der Waals surface area contributed by atoms with E-state index in [9.17, 15) is 4.79 Å². The summed E-state index contributed by atoms with van der Waals surface area (Å²) in [5.74, 6) is 0.758. The van der Waals surface area contributed by atoms with E-state index in [2.05, 4.69) is 37.5 Å². The first-order chi connectivity index (χ1) is 13.6. The third kappa shape index (κ3) is 4.15. The minimum Gasteiger partial charge on any atom is -0.368 e. The van der Waals surface area contributed by atoms with Gasteiger partial charge in [-0.3, -0.25) is 9.78 Å². The highest BCUT2D eigenvalue weighted by Crippen LogP contribution is 2.30. The summed E-state index contributed by atoms with van der Waals surface area (Å²) in [5.41, 5.74) is 2.64. The van der Waals surface area contributed by atoms with Crippen molar-refractivity contribution < 1.29 is 4.79 Å². The smallest absolute Gasteiger partial charge is 0.278 e. The van der Waals surface area contributed by atoms with Gasteiger partial charge in [0, 0.05) is 36.0 Å². The number of likely N-dealkylation sites (tertiary alicyclic amines) is 1. The number of carbonyl (C=O) groups is 1. The van der Waals surface area contributed by atoms with Gasteiger partial charge in [-0.05, 0) is 45.0 Å². The number of hydrogen-bond acceptors (Lipinski definition) is 6. The second kappa shape index (κ2) is 8.24. The number of pyridine rings is 1. The fraction of sp³-hybridized carbons (Fsp3) is 0.400. The number of amides is 1. The number of aromatic nitrogens is 3. The molecule has 1 saturated heterocycles. The van der Waals surface area contributed by atoms with E-state index in [4.69, 9.17) is 11.6 Å².